The predicted molar refractivity (Wildman–Crippen MR) is 132 cm³/mol. The van der Waals surface area contributed by atoms with E-state index in [9.17, 15) is 22.4 Å². The van der Waals surface area contributed by atoms with Crippen LogP contribution in [0.4, 0.5) is 10.1 Å². The van der Waals surface area contributed by atoms with Crippen molar-refractivity contribution in [2.24, 2.45) is 5.10 Å². The lowest BCUT2D eigenvalue weighted by Crippen LogP contribution is -2.39. The average Bonchev–Trinajstić information content (AvgIpc) is 2.87. The predicted octanol–water partition coefficient (Wildman–Crippen LogP) is 3.03. The molecule has 36 heavy (non-hydrogen) atoms. The molecule has 0 heterocycles. The number of benzene rings is 3. The maximum absolute atomic E-state index is 13.3. The van der Waals surface area contributed by atoms with E-state index < -0.39 is 34.3 Å². The second-order valence-corrected chi connectivity index (χ2v) is 9.39. The van der Waals surface area contributed by atoms with Crippen LogP contribution in [0.1, 0.15) is 11.1 Å². The van der Waals surface area contributed by atoms with Gasteiger partial charge < -0.3 is 9.47 Å². The van der Waals surface area contributed by atoms with E-state index in [1.165, 1.54) is 13.3 Å². The van der Waals surface area contributed by atoms with Crippen molar-refractivity contribution in [3.63, 3.8) is 0 Å². The molecular weight excluding hydrogens is 489 g/mol. The smallest absolute Gasteiger partial charge is 0.343 e. The topological polar surface area (TPSA) is 114 Å². The van der Waals surface area contributed by atoms with Gasteiger partial charge in [-0.1, -0.05) is 29.8 Å². The number of carbonyl (C=O) groups excluding carboxylic acids is 2. The quantitative estimate of drug-likeness (QED) is 0.253. The molecule has 0 saturated heterocycles. The number of hydrazone groups is 1. The largest absolute Gasteiger partial charge is 0.482 e. The van der Waals surface area contributed by atoms with Crippen LogP contribution in [0.3, 0.4) is 0 Å². The Morgan fingerprint density at radius 2 is 1.75 bits per heavy atom. The van der Waals surface area contributed by atoms with E-state index in [0.717, 1.165) is 34.1 Å². The molecule has 188 valence electrons. The van der Waals surface area contributed by atoms with Crippen molar-refractivity contribution in [2.45, 2.75) is 11.8 Å². The van der Waals surface area contributed by atoms with Crippen molar-refractivity contribution in [1.82, 2.24) is 5.43 Å². The number of hydrogen-bond donors (Lipinski definition) is 1. The third-order valence-corrected chi connectivity index (χ3v) is 6.64. The first kappa shape index (κ1) is 26.4. The third-order valence-electron chi connectivity index (χ3n) is 4.86. The van der Waals surface area contributed by atoms with E-state index >= 15 is 0 Å². The van der Waals surface area contributed by atoms with Crippen molar-refractivity contribution < 1.29 is 31.9 Å². The lowest BCUT2D eigenvalue weighted by molar-refractivity contribution is -0.142. The Morgan fingerprint density at radius 3 is 2.42 bits per heavy atom. The van der Waals surface area contributed by atoms with E-state index in [2.05, 4.69) is 15.3 Å². The minimum atomic E-state index is -4.18. The number of carbonyl (C=O) groups is 2. The van der Waals surface area contributed by atoms with Crippen LogP contribution >= 0.6 is 0 Å². The zero-order chi connectivity index (χ0) is 26.1. The molecule has 0 unspecified atom stereocenters. The average molecular weight is 514 g/mol. The fraction of sp³-hybridized carbons (Fsp3) is 0.160. The number of sulfonamides is 1. The van der Waals surface area contributed by atoms with E-state index in [4.69, 9.17) is 4.74 Å². The molecule has 0 aliphatic carbocycles. The van der Waals surface area contributed by atoms with E-state index in [-0.39, 0.29) is 17.2 Å². The molecule has 0 aliphatic heterocycles. The molecule has 11 heteroatoms. The summed E-state index contributed by atoms with van der Waals surface area (Å²) >= 11 is 0. The molecule has 0 bridgehead atoms. The molecule has 0 fully saturated rings. The summed E-state index contributed by atoms with van der Waals surface area (Å²) in [4.78, 5) is 23.7. The fourth-order valence-corrected chi connectivity index (χ4v) is 4.41. The minimum absolute atomic E-state index is 0.162. The number of nitrogens with zero attached hydrogens (tertiary/aromatic N) is 2. The monoisotopic (exact) mass is 513 g/mol. The maximum Gasteiger partial charge on any atom is 0.343 e. The van der Waals surface area contributed by atoms with Crippen LogP contribution in [0.15, 0.2) is 82.8 Å². The summed E-state index contributed by atoms with van der Waals surface area (Å²) in [5, 5.41) is 3.88. The normalized spacial score (nSPS) is 11.2. The summed E-state index contributed by atoms with van der Waals surface area (Å²) in [6.45, 7) is 1.02. The number of halogens is 1. The van der Waals surface area contributed by atoms with Crippen molar-refractivity contribution in [3.8, 4) is 5.75 Å². The lowest BCUT2D eigenvalue weighted by atomic mass is 10.2. The van der Waals surface area contributed by atoms with Gasteiger partial charge in [-0.3, -0.25) is 9.10 Å². The second kappa shape index (κ2) is 11.9. The number of nitrogens with one attached hydrogen (secondary N) is 1. The molecule has 3 aromatic carbocycles. The first-order chi connectivity index (χ1) is 17.2. The van der Waals surface area contributed by atoms with Crippen LogP contribution in [0.5, 0.6) is 5.75 Å². The van der Waals surface area contributed by atoms with Crippen LogP contribution in [0, 0.1) is 12.7 Å². The number of aryl methyl sites for hydroxylation is 1. The number of rotatable bonds is 10. The first-order valence-electron chi connectivity index (χ1n) is 10.7. The highest BCUT2D eigenvalue weighted by Gasteiger charge is 2.27. The number of esters is 1. The van der Waals surface area contributed by atoms with Gasteiger partial charge in [-0.25, -0.2) is 23.0 Å². The second-order valence-electron chi connectivity index (χ2n) is 7.53. The molecule has 1 N–H and O–H groups in total. The summed E-state index contributed by atoms with van der Waals surface area (Å²) in [7, 11) is -2.93. The zero-order valence-corrected chi connectivity index (χ0v) is 20.4. The van der Waals surface area contributed by atoms with Gasteiger partial charge in [-0.2, -0.15) is 5.10 Å². The van der Waals surface area contributed by atoms with Crippen LogP contribution in [0.2, 0.25) is 0 Å². The number of anilines is 1. The summed E-state index contributed by atoms with van der Waals surface area (Å²) in [5.74, 6) is -1.42. The molecule has 0 spiro atoms. The van der Waals surface area contributed by atoms with Gasteiger partial charge in [0, 0.05) is 0 Å². The Bertz CT molecular complexity index is 1340. The molecule has 9 nitrogen and oxygen atoms in total. The van der Waals surface area contributed by atoms with Gasteiger partial charge in [0.25, 0.3) is 15.9 Å². The Balaban J connectivity index is 1.74. The molecule has 1 amide bonds. The van der Waals surface area contributed by atoms with Gasteiger partial charge in [0.2, 0.25) is 0 Å². The van der Waals surface area contributed by atoms with Crippen LogP contribution < -0.4 is 14.5 Å². The van der Waals surface area contributed by atoms with Gasteiger partial charge in [0.05, 0.1) is 23.9 Å². The molecule has 0 aliphatic rings. The van der Waals surface area contributed by atoms with Crippen LogP contribution in [0.25, 0.3) is 0 Å². The Hall–Kier alpha value is -4.25. The molecular formula is C25H24FN3O6S. The molecule has 0 atom stereocenters. The summed E-state index contributed by atoms with van der Waals surface area (Å²) < 4.78 is 50.6. The highest BCUT2D eigenvalue weighted by Crippen LogP contribution is 2.24. The molecule has 0 aromatic heterocycles. The van der Waals surface area contributed by atoms with Gasteiger partial charge in [0.1, 0.15) is 18.1 Å². The number of amides is 1. The SMILES string of the molecule is COC(=O)COc1cccc(/C=N\NC(=O)CN(c2ccc(C)cc2)S(=O)(=O)c2ccc(F)cc2)c1. The van der Waals surface area contributed by atoms with Crippen molar-refractivity contribution >= 4 is 33.8 Å². The van der Waals surface area contributed by atoms with Gasteiger partial charge in [-0.15, -0.1) is 0 Å². The molecule has 3 aromatic rings. The van der Waals surface area contributed by atoms with E-state index in [1.54, 1.807) is 48.5 Å². The lowest BCUT2D eigenvalue weighted by Gasteiger charge is -2.23. The number of hydrogen-bond acceptors (Lipinski definition) is 7. The highest BCUT2D eigenvalue weighted by atomic mass is 32.2. The molecule has 0 radical (unpaired) electrons. The third kappa shape index (κ3) is 7.12. The maximum atomic E-state index is 13.3. The number of ether oxygens (including phenoxy) is 2. The Morgan fingerprint density at radius 1 is 1.06 bits per heavy atom. The van der Waals surface area contributed by atoms with Crippen molar-refractivity contribution in [1.29, 1.82) is 0 Å². The van der Waals surface area contributed by atoms with Gasteiger partial charge >= 0.3 is 5.97 Å². The molecule has 3 rings (SSSR count). The van der Waals surface area contributed by atoms with Crippen molar-refractivity contribution in [3.05, 3.63) is 89.7 Å². The van der Waals surface area contributed by atoms with Crippen LogP contribution in [-0.4, -0.2) is 46.8 Å². The number of methoxy groups -OCH3 is 1. The van der Waals surface area contributed by atoms with Crippen molar-refractivity contribution in [2.75, 3.05) is 24.6 Å². The minimum Gasteiger partial charge on any atom is -0.482 e. The fourth-order valence-electron chi connectivity index (χ4n) is 2.99. The van der Waals surface area contributed by atoms with Crippen LogP contribution in [-0.2, 0) is 24.3 Å². The zero-order valence-electron chi connectivity index (χ0n) is 19.5. The summed E-state index contributed by atoms with van der Waals surface area (Å²) in [6.07, 6.45) is 1.34. The Kier molecular flexibility index (Phi) is 8.74. The molecule has 0 saturated carbocycles. The summed E-state index contributed by atoms with van der Waals surface area (Å²) in [5.41, 5.74) is 4.04. The van der Waals surface area contributed by atoms with E-state index in [0.29, 0.717) is 11.3 Å². The summed E-state index contributed by atoms with van der Waals surface area (Å²) in [6, 6.07) is 17.5. The van der Waals surface area contributed by atoms with E-state index in [1.807, 2.05) is 6.92 Å². The standard InChI is InChI=1S/C25H24FN3O6S/c1-18-6-10-21(11-7-18)29(36(32,33)23-12-8-20(26)9-13-23)16-24(30)28-27-15-19-4-3-5-22(14-19)35-17-25(31)34-2/h3-15H,16-17H2,1-2H3,(H,28,30)/b27-15-. The van der Waals surface area contributed by atoms with Gasteiger partial charge in [-0.05, 0) is 61.0 Å². The first-order valence-corrected chi connectivity index (χ1v) is 12.1. The Labute approximate surface area is 208 Å². The van der Waals surface area contributed by atoms with Gasteiger partial charge in [0.15, 0.2) is 6.61 Å². The highest BCUT2D eigenvalue weighted by molar-refractivity contribution is 7.92.